The van der Waals surface area contributed by atoms with E-state index in [9.17, 15) is 14.0 Å². The molecule has 29 heavy (non-hydrogen) atoms. The molecule has 5 nitrogen and oxygen atoms in total. The van der Waals surface area contributed by atoms with Gasteiger partial charge in [0.25, 0.3) is 11.5 Å². The number of fused-ring (bicyclic) bond motifs is 1. The van der Waals surface area contributed by atoms with E-state index >= 15 is 0 Å². The number of pyridine rings is 2. The van der Waals surface area contributed by atoms with Crippen molar-refractivity contribution in [1.82, 2.24) is 9.55 Å². The number of anilines is 1. The first-order valence-corrected chi connectivity index (χ1v) is 9.12. The van der Waals surface area contributed by atoms with Gasteiger partial charge in [-0.05, 0) is 60.5 Å². The van der Waals surface area contributed by atoms with Gasteiger partial charge in [0.15, 0.2) is 0 Å². The van der Waals surface area contributed by atoms with E-state index in [1.807, 2.05) is 25.1 Å². The Bertz CT molecular complexity index is 1260. The van der Waals surface area contributed by atoms with Crippen molar-refractivity contribution in [3.05, 3.63) is 106 Å². The van der Waals surface area contributed by atoms with E-state index in [0.29, 0.717) is 16.7 Å². The van der Waals surface area contributed by atoms with Gasteiger partial charge in [-0.15, -0.1) is 0 Å². The highest BCUT2D eigenvalue weighted by Gasteiger charge is 2.17. The summed E-state index contributed by atoms with van der Waals surface area (Å²) in [4.78, 5) is 30.3. The Kier molecular flexibility index (Phi) is 4.91. The molecule has 0 radical (unpaired) electrons. The zero-order valence-electron chi connectivity index (χ0n) is 15.7. The smallest absolute Gasteiger partial charge is 0.265 e. The molecule has 2 aromatic carbocycles. The summed E-state index contributed by atoms with van der Waals surface area (Å²) in [6.45, 7) is 2.10. The van der Waals surface area contributed by atoms with Gasteiger partial charge in [0.05, 0.1) is 6.54 Å². The molecule has 2 heterocycles. The lowest BCUT2D eigenvalue weighted by Crippen LogP contribution is -2.30. The van der Waals surface area contributed by atoms with Gasteiger partial charge in [0.1, 0.15) is 17.0 Å². The van der Waals surface area contributed by atoms with Crippen LogP contribution >= 0.6 is 0 Å². The minimum absolute atomic E-state index is 0.0223. The molecule has 0 saturated heterocycles. The quantitative estimate of drug-likeness (QED) is 0.572. The van der Waals surface area contributed by atoms with Crippen molar-refractivity contribution in [2.75, 3.05) is 5.32 Å². The van der Waals surface area contributed by atoms with Crippen LogP contribution in [0, 0.1) is 12.7 Å². The third-order valence-electron chi connectivity index (χ3n) is 4.62. The van der Waals surface area contributed by atoms with Crippen molar-refractivity contribution in [1.29, 1.82) is 0 Å². The number of rotatable bonds is 4. The standard InChI is InChI=1S/C23H18FN3O2/c1-15-4-2-6-19(12-15)26-22(28)20-13-17-5-3-11-25-21(17)27(23(20)29)14-16-7-9-18(24)10-8-16/h2-13H,14H2,1H3,(H,26,28). The van der Waals surface area contributed by atoms with Crippen molar-refractivity contribution < 1.29 is 9.18 Å². The predicted octanol–water partition coefficient (Wildman–Crippen LogP) is 4.14. The van der Waals surface area contributed by atoms with Crippen LogP contribution in [0.15, 0.2) is 77.7 Å². The van der Waals surface area contributed by atoms with E-state index in [4.69, 9.17) is 0 Å². The molecule has 0 aliphatic carbocycles. The van der Waals surface area contributed by atoms with Gasteiger partial charge in [0.2, 0.25) is 0 Å². The lowest BCUT2D eigenvalue weighted by atomic mass is 10.1. The molecule has 1 amide bonds. The van der Waals surface area contributed by atoms with E-state index in [1.54, 1.807) is 42.6 Å². The molecule has 1 N–H and O–H groups in total. The number of benzene rings is 2. The zero-order chi connectivity index (χ0) is 20.4. The molecule has 0 spiro atoms. The van der Waals surface area contributed by atoms with Gasteiger partial charge in [-0.2, -0.15) is 0 Å². The summed E-state index contributed by atoms with van der Waals surface area (Å²) in [6, 6.07) is 18.3. The SMILES string of the molecule is Cc1cccc(NC(=O)c2cc3cccnc3n(Cc3ccc(F)cc3)c2=O)c1. The summed E-state index contributed by atoms with van der Waals surface area (Å²) in [5.74, 6) is -0.838. The van der Waals surface area contributed by atoms with Crippen molar-refractivity contribution in [3.63, 3.8) is 0 Å². The second kappa shape index (κ2) is 7.67. The van der Waals surface area contributed by atoms with Crippen LogP contribution in [0.1, 0.15) is 21.5 Å². The number of carbonyl (C=O) groups excluding carboxylic acids is 1. The Labute approximate surface area is 166 Å². The molecule has 6 heteroatoms. The minimum Gasteiger partial charge on any atom is -0.322 e. The first-order chi connectivity index (χ1) is 14.0. The third-order valence-corrected chi connectivity index (χ3v) is 4.62. The molecule has 0 unspecified atom stereocenters. The average Bonchev–Trinajstić information content (AvgIpc) is 2.71. The molecular formula is C23H18FN3O2. The van der Waals surface area contributed by atoms with Crippen LogP contribution in [-0.4, -0.2) is 15.5 Å². The Morgan fingerprint density at radius 2 is 1.86 bits per heavy atom. The van der Waals surface area contributed by atoms with Gasteiger partial charge >= 0.3 is 0 Å². The van der Waals surface area contributed by atoms with E-state index in [-0.39, 0.29) is 17.9 Å². The van der Waals surface area contributed by atoms with Crippen molar-refractivity contribution in [3.8, 4) is 0 Å². The number of halogens is 1. The van der Waals surface area contributed by atoms with Gasteiger partial charge < -0.3 is 5.32 Å². The van der Waals surface area contributed by atoms with Gasteiger partial charge in [-0.3, -0.25) is 14.2 Å². The van der Waals surface area contributed by atoms with Crippen molar-refractivity contribution in [2.24, 2.45) is 0 Å². The molecule has 4 rings (SSSR count). The largest absolute Gasteiger partial charge is 0.322 e. The maximum absolute atomic E-state index is 13.2. The number of aryl methyl sites for hydroxylation is 1. The van der Waals surface area contributed by atoms with Crippen LogP contribution in [0.25, 0.3) is 11.0 Å². The molecule has 0 bridgehead atoms. The predicted molar refractivity (Wildman–Crippen MR) is 111 cm³/mol. The fourth-order valence-corrected chi connectivity index (χ4v) is 3.21. The number of hydrogen-bond acceptors (Lipinski definition) is 3. The van der Waals surface area contributed by atoms with Crippen molar-refractivity contribution >= 4 is 22.6 Å². The third kappa shape index (κ3) is 3.91. The Morgan fingerprint density at radius 1 is 1.07 bits per heavy atom. The van der Waals surface area contributed by atoms with Crippen LogP contribution < -0.4 is 10.9 Å². The maximum Gasteiger partial charge on any atom is 0.265 e. The van der Waals surface area contributed by atoms with Gasteiger partial charge in [-0.1, -0.05) is 24.3 Å². The lowest BCUT2D eigenvalue weighted by Gasteiger charge is -2.13. The summed E-state index contributed by atoms with van der Waals surface area (Å²) >= 11 is 0. The normalized spacial score (nSPS) is 10.8. The maximum atomic E-state index is 13.2. The monoisotopic (exact) mass is 387 g/mol. The molecule has 0 atom stereocenters. The molecule has 2 aromatic heterocycles. The Morgan fingerprint density at radius 3 is 2.62 bits per heavy atom. The van der Waals surface area contributed by atoms with Crippen LogP contribution in [0.4, 0.5) is 10.1 Å². The summed E-state index contributed by atoms with van der Waals surface area (Å²) in [6.07, 6.45) is 1.59. The molecule has 0 aliphatic heterocycles. The summed E-state index contributed by atoms with van der Waals surface area (Å²) in [5.41, 5.74) is 2.38. The minimum atomic E-state index is -0.487. The molecule has 0 aliphatic rings. The molecule has 0 saturated carbocycles. The number of nitrogens with one attached hydrogen (secondary N) is 1. The number of hydrogen-bond donors (Lipinski definition) is 1. The molecule has 0 fully saturated rings. The highest BCUT2D eigenvalue weighted by Crippen LogP contribution is 2.15. The number of aromatic nitrogens is 2. The first-order valence-electron chi connectivity index (χ1n) is 9.12. The van der Waals surface area contributed by atoms with Crippen LogP contribution in [0.2, 0.25) is 0 Å². The van der Waals surface area contributed by atoms with Crippen molar-refractivity contribution in [2.45, 2.75) is 13.5 Å². The Balaban J connectivity index is 1.78. The van der Waals surface area contributed by atoms with Gasteiger partial charge in [-0.25, -0.2) is 9.37 Å². The fourth-order valence-electron chi connectivity index (χ4n) is 3.21. The second-order valence-electron chi connectivity index (χ2n) is 6.82. The summed E-state index contributed by atoms with van der Waals surface area (Å²) < 4.78 is 14.7. The number of amides is 1. The molecular weight excluding hydrogens is 369 g/mol. The summed E-state index contributed by atoms with van der Waals surface area (Å²) in [5, 5.41) is 3.45. The van der Waals surface area contributed by atoms with Crippen LogP contribution in [0.5, 0.6) is 0 Å². The highest BCUT2D eigenvalue weighted by molar-refractivity contribution is 6.05. The average molecular weight is 387 g/mol. The van der Waals surface area contributed by atoms with Crippen LogP contribution in [-0.2, 0) is 6.54 Å². The summed E-state index contributed by atoms with van der Waals surface area (Å²) in [7, 11) is 0. The fraction of sp³-hybridized carbons (Fsp3) is 0.0870. The van der Waals surface area contributed by atoms with E-state index in [2.05, 4.69) is 10.3 Å². The molecule has 4 aromatic rings. The highest BCUT2D eigenvalue weighted by atomic mass is 19.1. The first kappa shape index (κ1) is 18.6. The Hall–Kier alpha value is -3.80. The van der Waals surface area contributed by atoms with Gasteiger partial charge in [0, 0.05) is 17.3 Å². The number of carbonyl (C=O) groups is 1. The number of nitrogens with zero attached hydrogens (tertiary/aromatic N) is 2. The van der Waals surface area contributed by atoms with Crippen LogP contribution in [0.3, 0.4) is 0 Å². The lowest BCUT2D eigenvalue weighted by molar-refractivity contribution is 0.102. The molecule has 144 valence electrons. The van der Waals surface area contributed by atoms with E-state index < -0.39 is 11.5 Å². The zero-order valence-corrected chi connectivity index (χ0v) is 15.7. The van der Waals surface area contributed by atoms with E-state index in [0.717, 1.165) is 11.1 Å². The second-order valence-corrected chi connectivity index (χ2v) is 6.82. The van der Waals surface area contributed by atoms with E-state index in [1.165, 1.54) is 16.7 Å². The topological polar surface area (TPSA) is 64.0 Å².